The van der Waals surface area contributed by atoms with Crippen molar-refractivity contribution >= 4 is 35.2 Å². The predicted molar refractivity (Wildman–Crippen MR) is 160 cm³/mol. The smallest absolute Gasteiger partial charge is 0.422 e. The van der Waals surface area contributed by atoms with Gasteiger partial charge in [0.1, 0.15) is 23.0 Å². The van der Waals surface area contributed by atoms with Gasteiger partial charge in [0.05, 0.1) is 23.3 Å². The first-order chi connectivity index (χ1) is 20.4. The van der Waals surface area contributed by atoms with Gasteiger partial charge in [-0.1, -0.05) is 13.0 Å². The quantitative estimate of drug-likeness (QED) is 0.148. The van der Waals surface area contributed by atoms with E-state index in [1.165, 1.54) is 36.7 Å². The van der Waals surface area contributed by atoms with Crippen LogP contribution in [0.5, 0.6) is 5.88 Å². The van der Waals surface area contributed by atoms with Gasteiger partial charge in [-0.2, -0.15) is 13.2 Å². The van der Waals surface area contributed by atoms with Crippen LogP contribution in [0, 0.1) is 11.6 Å². The summed E-state index contributed by atoms with van der Waals surface area (Å²) < 4.78 is 72.6. The molecule has 44 heavy (non-hydrogen) atoms. The molecule has 1 aliphatic rings. The fourth-order valence-electron chi connectivity index (χ4n) is 5.53. The van der Waals surface area contributed by atoms with Crippen molar-refractivity contribution in [3.8, 4) is 5.88 Å². The topological polar surface area (TPSA) is 63.0 Å². The molecule has 7 nitrogen and oxygen atoms in total. The third-order valence-corrected chi connectivity index (χ3v) is 7.64. The zero-order valence-corrected chi connectivity index (χ0v) is 25.3. The zero-order chi connectivity index (χ0) is 30.9. The second-order valence-corrected chi connectivity index (χ2v) is 10.8. The lowest BCUT2D eigenvalue weighted by atomic mass is 10.0. The van der Waals surface area contributed by atoms with E-state index in [1.54, 1.807) is 16.5 Å². The van der Waals surface area contributed by atoms with E-state index in [4.69, 9.17) is 4.74 Å². The minimum absolute atomic E-state index is 0. The number of aromatic nitrogens is 3. The number of aryl methyl sites for hydroxylation is 2. The van der Waals surface area contributed by atoms with Crippen LogP contribution in [0.3, 0.4) is 0 Å². The largest absolute Gasteiger partial charge is 0.468 e. The summed E-state index contributed by atoms with van der Waals surface area (Å²) in [6.07, 6.45) is -0.451. The van der Waals surface area contributed by atoms with Crippen molar-refractivity contribution in [2.24, 2.45) is 0 Å². The van der Waals surface area contributed by atoms with Gasteiger partial charge in [0.2, 0.25) is 5.88 Å². The van der Waals surface area contributed by atoms with E-state index in [0.717, 1.165) is 5.69 Å². The van der Waals surface area contributed by atoms with Crippen molar-refractivity contribution in [2.45, 2.75) is 58.3 Å². The Bertz CT molecular complexity index is 1610. The molecule has 0 saturated carbocycles. The van der Waals surface area contributed by atoms with Gasteiger partial charge in [0.25, 0.3) is 0 Å². The maximum atomic E-state index is 15.4. The van der Waals surface area contributed by atoms with E-state index in [1.807, 2.05) is 31.7 Å². The van der Waals surface area contributed by atoms with Gasteiger partial charge < -0.3 is 14.5 Å². The van der Waals surface area contributed by atoms with E-state index in [0.29, 0.717) is 54.2 Å². The van der Waals surface area contributed by atoms with Crippen molar-refractivity contribution in [1.29, 1.82) is 0 Å². The highest BCUT2D eigenvalue weighted by Crippen LogP contribution is 2.30. The maximum Gasteiger partial charge on any atom is 0.422 e. The summed E-state index contributed by atoms with van der Waals surface area (Å²) in [7, 11) is 0. The zero-order valence-electron chi connectivity index (χ0n) is 24.4. The summed E-state index contributed by atoms with van der Waals surface area (Å²) in [5.41, 5.74) is 3.28. The van der Waals surface area contributed by atoms with E-state index in [-0.39, 0.29) is 48.4 Å². The molecule has 0 radical (unpaired) electrons. The number of piperazine rings is 1. The molecule has 0 N–H and O–H groups in total. The molecular formula is C31H33ClF5N5O2. The van der Waals surface area contributed by atoms with Gasteiger partial charge in [-0.05, 0) is 56.5 Å². The second-order valence-electron chi connectivity index (χ2n) is 10.8. The number of carbonyl (C=O) groups excluding carboxylic acids is 1. The first-order valence-electron chi connectivity index (χ1n) is 14.1. The molecule has 13 heteroatoms. The summed E-state index contributed by atoms with van der Waals surface area (Å²) >= 11 is 0. The Labute approximate surface area is 258 Å². The summed E-state index contributed by atoms with van der Waals surface area (Å²) in [6, 6.07) is 10.5. The lowest BCUT2D eigenvalue weighted by molar-refractivity contribution is -0.154. The average molecular weight is 638 g/mol. The van der Waals surface area contributed by atoms with Gasteiger partial charge in [-0.3, -0.25) is 9.20 Å². The van der Waals surface area contributed by atoms with Crippen LogP contribution in [0.4, 0.5) is 33.3 Å². The Kier molecular flexibility index (Phi) is 10.0. The molecule has 1 aliphatic heterocycles. The van der Waals surface area contributed by atoms with Gasteiger partial charge in [-0.15, -0.1) is 12.4 Å². The van der Waals surface area contributed by atoms with Crippen molar-refractivity contribution < 1.29 is 31.5 Å². The molecule has 5 rings (SSSR count). The molecule has 0 spiro atoms. The second kappa shape index (κ2) is 13.4. The van der Waals surface area contributed by atoms with E-state index in [2.05, 4.69) is 14.9 Å². The number of ketones is 1. The van der Waals surface area contributed by atoms with Crippen molar-refractivity contribution in [3.63, 3.8) is 0 Å². The number of pyridine rings is 2. The van der Waals surface area contributed by atoms with Crippen molar-refractivity contribution in [3.05, 3.63) is 83.4 Å². The lowest BCUT2D eigenvalue weighted by Gasteiger charge is -2.46. The third kappa shape index (κ3) is 7.23. The summed E-state index contributed by atoms with van der Waals surface area (Å²) in [5.74, 6) is -1.06. The van der Waals surface area contributed by atoms with Gasteiger partial charge in [0.15, 0.2) is 12.4 Å². The number of nitrogens with zero attached hydrogens (tertiary/aromatic N) is 5. The fourth-order valence-corrected chi connectivity index (χ4v) is 5.53. The van der Waals surface area contributed by atoms with E-state index >= 15 is 4.39 Å². The summed E-state index contributed by atoms with van der Waals surface area (Å²) in [6.45, 7) is 5.50. The monoisotopic (exact) mass is 637 g/mol. The van der Waals surface area contributed by atoms with E-state index in [9.17, 15) is 22.4 Å². The number of fused-ring (bicyclic) bond motifs is 1. The predicted octanol–water partition coefficient (Wildman–Crippen LogP) is 6.85. The first-order valence-corrected chi connectivity index (χ1v) is 14.1. The molecule has 4 aromatic rings. The molecule has 4 heterocycles. The van der Waals surface area contributed by atoms with Crippen LogP contribution >= 0.6 is 12.4 Å². The summed E-state index contributed by atoms with van der Waals surface area (Å²) in [5, 5.41) is 0. The standard InChI is InChI=1S/C31H32F5N5O2.ClH/c1-4-25-30(39-12-11-22(32)14-28(39)38-25)27(42)9-6-21-5-8-26(24(33)13-21)41-17-19(2)40(16-20(41)3)23-7-10-29(37-15-23)43-18-31(34,35)36;/h5,7-8,10-15,19-20H,4,6,9,16-18H2,1-3H3;1H/t19-,20+;/m0./s1. The average Bonchev–Trinajstić information content (AvgIpc) is 3.34. The number of ether oxygens (including phenoxy) is 1. The van der Waals surface area contributed by atoms with Crippen LogP contribution in [-0.2, 0) is 12.8 Å². The maximum absolute atomic E-state index is 15.4. The van der Waals surface area contributed by atoms with Crippen LogP contribution in [0.15, 0.2) is 54.9 Å². The molecule has 0 bridgehead atoms. The van der Waals surface area contributed by atoms with Gasteiger partial charge in [-0.25, -0.2) is 18.7 Å². The fraction of sp³-hybridized carbons (Fsp3) is 0.387. The number of anilines is 2. The van der Waals surface area contributed by atoms with Gasteiger partial charge >= 0.3 is 6.18 Å². The normalized spacial score (nSPS) is 17.1. The SMILES string of the molecule is CCc1nc2cc(F)ccn2c1C(=O)CCc1ccc(N2C[C@H](C)N(c3ccc(OCC(F)(F)F)nc3)C[C@H]2C)c(F)c1.Cl. The first kappa shape index (κ1) is 33.0. The molecule has 0 unspecified atom stereocenters. The number of imidazole rings is 1. The minimum atomic E-state index is -4.44. The van der Waals surface area contributed by atoms with Crippen molar-refractivity contribution in [2.75, 3.05) is 29.5 Å². The number of halogens is 6. The Hall–Kier alpha value is -3.93. The molecule has 1 saturated heterocycles. The summed E-state index contributed by atoms with van der Waals surface area (Å²) in [4.78, 5) is 25.6. The minimum Gasteiger partial charge on any atom is -0.468 e. The van der Waals surface area contributed by atoms with Crippen LogP contribution < -0.4 is 14.5 Å². The number of hydrogen-bond acceptors (Lipinski definition) is 6. The number of Topliss-reactive ketones (excluding diaryl/α,β-unsaturated/α-hetero) is 1. The van der Waals surface area contributed by atoms with Crippen LogP contribution in [0.25, 0.3) is 5.65 Å². The molecule has 0 aliphatic carbocycles. The van der Waals surface area contributed by atoms with E-state index < -0.39 is 18.6 Å². The van der Waals surface area contributed by atoms with Crippen molar-refractivity contribution in [1.82, 2.24) is 14.4 Å². The third-order valence-electron chi connectivity index (χ3n) is 7.64. The molecule has 2 atom stereocenters. The highest BCUT2D eigenvalue weighted by molar-refractivity contribution is 5.96. The number of hydrogen-bond donors (Lipinski definition) is 0. The molecule has 3 aromatic heterocycles. The lowest BCUT2D eigenvalue weighted by Crippen LogP contribution is -2.57. The number of alkyl halides is 3. The molecule has 236 valence electrons. The molecular weight excluding hydrogens is 605 g/mol. The number of rotatable bonds is 9. The Morgan fingerprint density at radius 2 is 1.75 bits per heavy atom. The number of carbonyl (C=O) groups is 1. The molecule has 1 aromatic carbocycles. The Morgan fingerprint density at radius 3 is 2.41 bits per heavy atom. The van der Waals surface area contributed by atoms with Crippen LogP contribution in [0.2, 0.25) is 0 Å². The highest BCUT2D eigenvalue weighted by atomic mass is 35.5. The Balaban J connectivity index is 0.00000442. The molecule has 0 amide bonds. The molecule has 1 fully saturated rings. The van der Waals surface area contributed by atoms with Gasteiger partial charge in [0, 0.05) is 49.9 Å². The number of benzene rings is 1. The van der Waals surface area contributed by atoms with Crippen LogP contribution in [0.1, 0.15) is 48.9 Å². The Morgan fingerprint density at radius 1 is 1.02 bits per heavy atom. The van der Waals surface area contributed by atoms with Crippen LogP contribution in [-0.4, -0.2) is 58.1 Å². The highest BCUT2D eigenvalue weighted by Gasteiger charge is 2.32.